The second kappa shape index (κ2) is 10.1. The summed E-state index contributed by atoms with van der Waals surface area (Å²) in [6.07, 6.45) is 5.48. The molecule has 1 atom stereocenters. The molecule has 10 heteroatoms. The normalized spacial score (nSPS) is 15.8. The summed E-state index contributed by atoms with van der Waals surface area (Å²) in [6, 6.07) is 7.62. The lowest BCUT2D eigenvalue weighted by Gasteiger charge is -2.21. The molecule has 1 aliphatic heterocycles. The van der Waals surface area contributed by atoms with Gasteiger partial charge in [0, 0.05) is 25.5 Å². The summed E-state index contributed by atoms with van der Waals surface area (Å²) in [7, 11) is 1.60. The van der Waals surface area contributed by atoms with E-state index in [4.69, 9.17) is 21.3 Å². The fourth-order valence-electron chi connectivity index (χ4n) is 3.53. The van der Waals surface area contributed by atoms with Gasteiger partial charge in [0.2, 0.25) is 0 Å². The van der Waals surface area contributed by atoms with E-state index in [1.54, 1.807) is 36.9 Å². The smallest absolute Gasteiger partial charge is 0.189 e. The molecule has 3 heterocycles. The zero-order chi connectivity index (χ0) is 21.6. The number of methoxy groups -OCH3 is 1. The first-order valence-corrected chi connectivity index (χ1v) is 11.3. The summed E-state index contributed by atoms with van der Waals surface area (Å²) < 4.78 is 5.23. The van der Waals surface area contributed by atoms with Crippen LogP contribution in [0.2, 0.25) is 5.02 Å². The van der Waals surface area contributed by atoms with Gasteiger partial charge in [0.25, 0.3) is 0 Å². The van der Waals surface area contributed by atoms with E-state index in [-0.39, 0.29) is 12.6 Å². The minimum absolute atomic E-state index is 0.115. The van der Waals surface area contributed by atoms with Gasteiger partial charge in [-0.1, -0.05) is 29.0 Å². The first-order valence-electron chi connectivity index (χ1n) is 10.1. The quantitative estimate of drug-likeness (QED) is 0.444. The number of rotatable bonds is 9. The third-order valence-electron chi connectivity index (χ3n) is 5.15. The van der Waals surface area contributed by atoms with Crippen molar-refractivity contribution in [3.63, 3.8) is 0 Å². The number of hydrogen-bond donors (Lipinski definition) is 3. The van der Waals surface area contributed by atoms with E-state index in [1.165, 1.54) is 0 Å². The number of benzene rings is 1. The number of nitrogens with one attached hydrogen (secondary N) is 2. The van der Waals surface area contributed by atoms with Crippen LogP contribution >= 0.6 is 22.9 Å². The molecule has 2 aromatic heterocycles. The average molecular weight is 461 g/mol. The Kier molecular flexibility index (Phi) is 7.06. The lowest BCUT2D eigenvalue weighted by Crippen LogP contribution is -2.31. The van der Waals surface area contributed by atoms with Gasteiger partial charge in [-0.2, -0.15) is 0 Å². The molecule has 0 amide bonds. The molecule has 1 saturated heterocycles. The molecule has 0 bridgehead atoms. The molecular formula is C21H25ClN6O2S. The molecule has 0 saturated carbocycles. The Labute approximate surface area is 190 Å². The maximum absolute atomic E-state index is 9.71. The van der Waals surface area contributed by atoms with Crippen LogP contribution < -0.4 is 20.3 Å². The highest BCUT2D eigenvalue weighted by molar-refractivity contribution is 7.20. The lowest BCUT2D eigenvalue weighted by atomic mass is 10.2. The summed E-state index contributed by atoms with van der Waals surface area (Å²) in [4.78, 5) is 15.6. The molecule has 1 unspecified atom stereocenters. The molecule has 1 aromatic carbocycles. The number of aliphatic hydroxyl groups excluding tert-OH is 1. The first-order chi connectivity index (χ1) is 15.2. The fraction of sp³-hybridized carbons (Fsp3) is 0.381. The Hall–Kier alpha value is -2.62. The monoisotopic (exact) mass is 460 g/mol. The topological polar surface area (TPSA) is 95.4 Å². The molecule has 31 heavy (non-hydrogen) atoms. The maximum Gasteiger partial charge on any atom is 0.189 e. The van der Waals surface area contributed by atoms with E-state index >= 15 is 0 Å². The van der Waals surface area contributed by atoms with Gasteiger partial charge in [0.1, 0.15) is 16.6 Å². The standard InChI is InChI=1S/C21H25ClN6O2S/c1-30-17-6-5-14(10-16(17)22)11-25-19-20(26-12-18-23-7-3-8-24-18)31-21(27-19)28-9-2-4-15(28)13-29/h3,5-8,10,15,25-26,29H,2,4,9,11-13H2,1H3. The van der Waals surface area contributed by atoms with Crippen LogP contribution in [0.1, 0.15) is 24.2 Å². The van der Waals surface area contributed by atoms with Gasteiger partial charge in [-0.05, 0) is 36.6 Å². The summed E-state index contributed by atoms with van der Waals surface area (Å²) in [5.41, 5.74) is 1.02. The van der Waals surface area contributed by atoms with Crippen LogP contribution in [0.25, 0.3) is 0 Å². The van der Waals surface area contributed by atoms with Crippen LogP contribution in [-0.2, 0) is 13.1 Å². The van der Waals surface area contributed by atoms with E-state index in [2.05, 4.69) is 25.5 Å². The predicted molar refractivity (Wildman–Crippen MR) is 124 cm³/mol. The van der Waals surface area contributed by atoms with Crippen LogP contribution in [0.15, 0.2) is 36.7 Å². The van der Waals surface area contributed by atoms with Gasteiger partial charge < -0.3 is 25.4 Å². The van der Waals surface area contributed by atoms with Crippen molar-refractivity contribution in [2.45, 2.75) is 32.0 Å². The van der Waals surface area contributed by atoms with Crippen LogP contribution in [0, 0.1) is 0 Å². The Morgan fingerprint density at radius 1 is 1.26 bits per heavy atom. The van der Waals surface area contributed by atoms with Gasteiger partial charge in [-0.3, -0.25) is 0 Å². The number of aliphatic hydroxyl groups is 1. The first kappa shape index (κ1) is 21.6. The SMILES string of the molecule is COc1ccc(CNc2nc(N3CCCC3CO)sc2NCc2ncccn2)cc1Cl. The number of ether oxygens (including phenoxy) is 1. The number of aromatic nitrogens is 3. The Balaban J connectivity index is 1.52. The third-order valence-corrected chi connectivity index (χ3v) is 6.50. The average Bonchev–Trinajstić information content (AvgIpc) is 3.43. The number of nitrogens with zero attached hydrogens (tertiary/aromatic N) is 4. The van der Waals surface area contributed by atoms with E-state index < -0.39 is 0 Å². The van der Waals surface area contributed by atoms with Crippen molar-refractivity contribution in [1.29, 1.82) is 0 Å². The molecule has 0 radical (unpaired) electrons. The van der Waals surface area contributed by atoms with Crippen LogP contribution in [0.5, 0.6) is 5.75 Å². The van der Waals surface area contributed by atoms with E-state index in [0.717, 1.165) is 40.9 Å². The predicted octanol–water partition coefficient (Wildman–Crippen LogP) is 3.78. The van der Waals surface area contributed by atoms with Crippen molar-refractivity contribution in [3.8, 4) is 5.75 Å². The Morgan fingerprint density at radius 3 is 2.84 bits per heavy atom. The molecule has 3 N–H and O–H groups in total. The van der Waals surface area contributed by atoms with E-state index in [1.807, 2.05) is 18.2 Å². The van der Waals surface area contributed by atoms with Crippen LogP contribution in [0.3, 0.4) is 0 Å². The second-order valence-electron chi connectivity index (χ2n) is 7.19. The van der Waals surface area contributed by atoms with Gasteiger partial charge in [0.05, 0.1) is 31.3 Å². The summed E-state index contributed by atoms with van der Waals surface area (Å²) >= 11 is 7.83. The van der Waals surface area contributed by atoms with E-state index in [9.17, 15) is 5.11 Å². The van der Waals surface area contributed by atoms with Crippen molar-refractivity contribution in [2.24, 2.45) is 0 Å². The van der Waals surface area contributed by atoms with Crippen molar-refractivity contribution in [3.05, 3.63) is 53.1 Å². The maximum atomic E-state index is 9.71. The number of anilines is 3. The van der Waals surface area contributed by atoms with Crippen LogP contribution in [0.4, 0.5) is 16.0 Å². The highest BCUT2D eigenvalue weighted by Gasteiger charge is 2.27. The molecule has 3 aromatic rings. The Morgan fingerprint density at radius 2 is 2.10 bits per heavy atom. The summed E-state index contributed by atoms with van der Waals surface area (Å²) in [5.74, 6) is 2.11. The van der Waals surface area contributed by atoms with Crippen LogP contribution in [-0.4, -0.2) is 46.4 Å². The van der Waals surface area contributed by atoms with Crippen molar-refractivity contribution in [1.82, 2.24) is 15.0 Å². The number of hydrogen-bond acceptors (Lipinski definition) is 9. The molecule has 1 aliphatic rings. The molecular weight excluding hydrogens is 436 g/mol. The molecule has 1 fully saturated rings. The minimum Gasteiger partial charge on any atom is -0.495 e. The number of thiazole rings is 1. The molecule has 164 valence electrons. The van der Waals surface area contributed by atoms with Gasteiger partial charge in [-0.25, -0.2) is 15.0 Å². The third kappa shape index (κ3) is 5.17. The molecule has 8 nitrogen and oxygen atoms in total. The number of halogens is 1. The molecule has 0 aliphatic carbocycles. The second-order valence-corrected chi connectivity index (χ2v) is 8.57. The summed E-state index contributed by atoms with van der Waals surface area (Å²) in [5, 5.41) is 18.9. The van der Waals surface area contributed by atoms with Gasteiger partial charge >= 0.3 is 0 Å². The molecule has 0 spiro atoms. The zero-order valence-electron chi connectivity index (χ0n) is 17.2. The zero-order valence-corrected chi connectivity index (χ0v) is 18.8. The highest BCUT2D eigenvalue weighted by atomic mass is 35.5. The van der Waals surface area contributed by atoms with Gasteiger partial charge in [0.15, 0.2) is 10.9 Å². The van der Waals surface area contributed by atoms with Crippen molar-refractivity contribution in [2.75, 3.05) is 35.8 Å². The fourth-order valence-corrected chi connectivity index (χ4v) is 4.85. The largest absolute Gasteiger partial charge is 0.495 e. The lowest BCUT2D eigenvalue weighted by molar-refractivity contribution is 0.266. The minimum atomic E-state index is 0.115. The molecule has 4 rings (SSSR count). The van der Waals surface area contributed by atoms with Crippen molar-refractivity contribution >= 4 is 38.9 Å². The summed E-state index contributed by atoms with van der Waals surface area (Å²) in [6.45, 7) is 2.09. The van der Waals surface area contributed by atoms with Gasteiger partial charge in [-0.15, -0.1) is 0 Å². The van der Waals surface area contributed by atoms with Crippen molar-refractivity contribution < 1.29 is 9.84 Å². The Bertz CT molecular complexity index is 1000. The van der Waals surface area contributed by atoms with E-state index in [0.29, 0.717) is 29.7 Å². The highest BCUT2D eigenvalue weighted by Crippen LogP contribution is 2.38.